The van der Waals surface area contributed by atoms with E-state index in [0.29, 0.717) is 6.54 Å². The summed E-state index contributed by atoms with van der Waals surface area (Å²) in [6.45, 7) is 4.61. The van der Waals surface area contributed by atoms with Gasteiger partial charge in [-0.15, -0.1) is 11.3 Å². The Morgan fingerprint density at radius 2 is 2.00 bits per heavy atom. The Hall–Kier alpha value is -2.18. The SMILES string of the molecule is COc1ccc(-c2cc(C(CN)c3nc(C)c(C)s3)[nH]n2)cc1. The molecule has 6 heteroatoms. The minimum Gasteiger partial charge on any atom is -0.497 e. The summed E-state index contributed by atoms with van der Waals surface area (Å²) in [5.74, 6) is 0.880. The molecule has 1 aromatic carbocycles. The van der Waals surface area contributed by atoms with Crippen molar-refractivity contribution in [3.63, 3.8) is 0 Å². The van der Waals surface area contributed by atoms with Gasteiger partial charge in [-0.1, -0.05) is 0 Å². The Kier molecular flexibility index (Phi) is 4.45. The van der Waals surface area contributed by atoms with Crippen LogP contribution in [0.4, 0.5) is 0 Å². The number of hydrogen-bond acceptors (Lipinski definition) is 5. The number of ether oxygens (including phenoxy) is 1. The molecular weight excluding hydrogens is 308 g/mol. The van der Waals surface area contributed by atoms with Gasteiger partial charge < -0.3 is 10.5 Å². The van der Waals surface area contributed by atoms with Crippen molar-refractivity contribution in [3.05, 3.63) is 51.6 Å². The third kappa shape index (κ3) is 3.13. The molecule has 1 atom stereocenters. The van der Waals surface area contributed by atoms with Crippen molar-refractivity contribution >= 4 is 11.3 Å². The van der Waals surface area contributed by atoms with Crippen LogP contribution < -0.4 is 10.5 Å². The zero-order chi connectivity index (χ0) is 16.4. The van der Waals surface area contributed by atoms with Crippen molar-refractivity contribution in [2.24, 2.45) is 5.73 Å². The van der Waals surface area contributed by atoms with Crippen LogP contribution in [0.5, 0.6) is 5.75 Å². The first-order valence-electron chi connectivity index (χ1n) is 7.46. The quantitative estimate of drug-likeness (QED) is 0.754. The lowest BCUT2D eigenvalue weighted by Crippen LogP contribution is -2.14. The highest BCUT2D eigenvalue weighted by Crippen LogP contribution is 2.30. The molecule has 5 nitrogen and oxygen atoms in total. The Morgan fingerprint density at radius 1 is 1.26 bits per heavy atom. The summed E-state index contributed by atoms with van der Waals surface area (Å²) in [6.07, 6.45) is 0. The van der Waals surface area contributed by atoms with Gasteiger partial charge in [0.1, 0.15) is 10.8 Å². The van der Waals surface area contributed by atoms with Gasteiger partial charge in [-0.25, -0.2) is 4.98 Å². The normalized spacial score (nSPS) is 12.3. The van der Waals surface area contributed by atoms with Crippen molar-refractivity contribution < 1.29 is 4.74 Å². The monoisotopic (exact) mass is 328 g/mol. The Labute approximate surface area is 139 Å². The fourth-order valence-electron chi connectivity index (χ4n) is 2.43. The standard InChI is InChI=1S/C17H20N4OS/c1-10-11(2)23-17(19-10)14(9-18)16-8-15(20-21-16)12-4-6-13(22-3)7-5-12/h4-8,14H,9,18H2,1-3H3,(H,20,21). The number of H-pyrrole nitrogens is 1. The zero-order valence-electron chi connectivity index (χ0n) is 13.5. The lowest BCUT2D eigenvalue weighted by Gasteiger charge is -2.08. The van der Waals surface area contributed by atoms with Crippen LogP contribution in [-0.4, -0.2) is 28.8 Å². The summed E-state index contributed by atoms with van der Waals surface area (Å²) in [7, 11) is 1.66. The number of hydrogen-bond donors (Lipinski definition) is 2. The van der Waals surface area contributed by atoms with Gasteiger partial charge in [-0.05, 0) is 44.2 Å². The van der Waals surface area contributed by atoms with Crippen LogP contribution in [-0.2, 0) is 0 Å². The van der Waals surface area contributed by atoms with Gasteiger partial charge in [0.05, 0.1) is 24.4 Å². The van der Waals surface area contributed by atoms with E-state index in [1.165, 1.54) is 4.88 Å². The maximum Gasteiger partial charge on any atom is 0.118 e. The number of aryl methyl sites for hydroxylation is 2. The van der Waals surface area contributed by atoms with Crippen LogP contribution in [0.2, 0.25) is 0 Å². The highest BCUT2D eigenvalue weighted by atomic mass is 32.1. The van der Waals surface area contributed by atoms with Gasteiger partial charge >= 0.3 is 0 Å². The number of nitrogens with zero attached hydrogens (tertiary/aromatic N) is 2. The Balaban J connectivity index is 1.89. The lowest BCUT2D eigenvalue weighted by atomic mass is 10.0. The zero-order valence-corrected chi connectivity index (χ0v) is 14.3. The molecular formula is C17H20N4OS. The number of nitrogens with two attached hydrogens (primary N) is 1. The van der Waals surface area contributed by atoms with Crippen LogP contribution in [0.15, 0.2) is 30.3 Å². The first-order valence-corrected chi connectivity index (χ1v) is 8.27. The predicted molar refractivity (Wildman–Crippen MR) is 93.1 cm³/mol. The van der Waals surface area contributed by atoms with E-state index in [9.17, 15) is 0 Å². The van der Waals surface area contributed by atoms with E-state index >= 15 is 0 Å². The van der Waals surface area contributed by atoms with E-state index in [0.717, 1.165) is 33.4 Å². The van der Waals surface area contributed by atoms with Crippen molar-refractivity contribution in [1.82, 2.24) is 15.2 Å². The third-order valence-corrected chi connectivity index (χ3v) is 5.12. The van der Waals surface area contributed by atoms with E-state index in [-0.39, 0.29) is 5.92 Å². The van der Waals surface area contributed by atoms with E-state index in [2.05, 4.69) is 22.1 Å². The lowest BCUT2D eigenvalue weighted by molar-refractivity contribution is 0.415. The molecule has 3 aromatic rings. The molecule has 0 amide bonds. The molecule has 2 aromatic heterocycles. The molecule has 0 aliphatic rings. The second kappa shape index (κ2) is 6.52. The fraction of sp³-hybridized carbons (Fsp3) is 0.294. The van der Waals surface area contributed by atoms with Gasteiger partial charge in [0, 0.05) is 22.7 Å². The molecule has 0 bridgehead atoms. The summed E-state index contributed by atoms with van der Waals surface area (Å²) in [5, 5.41) is 8.57. The fourth-order valence-corrected chi connectivity index (χ4v) is 3.49. The van der Waals surface area contributed by atoms with Crippen molar-refractivity contribution in [3.8, 4) is 17.0 Å². The van der Waals surface area contributed by atoms with E-state index < -0.39 is 0 Å². The van der Waals surface area contributed by atoms with Gasteiger partial charge in [-0.2, -0.15) is 5.10 Å². The largest absolute Gasteiger partial charge is 0.497 e. The number of rotatable bonds is 5. The maximum atomic E-state index is 5.98. The number of aromatic nitrogens is 3. The van der Waals surface area contributed by atoms with Crippen molar-refractivity contribution in [1.29, 1.82) is 0 Å². The molecule has 23 heavy (non-hydrogen) atoms. The molecule has 1 unspecified atom stereocenters. The molecule has 0 radical (unpaired) electrons. The second-order valence-electron chi connectivity index (χ2n) is 5.42. The molecule has 0 saturated heterocycles. The minimum absolute atomic E-state index is 0.0481. The average molecular weight is 328 g/mol. The number of aromatic amines is 1. The summed E-state index contributed by atoms with van der Waals surface area (Å²) in [6, 6.07) is 9.89. The van der Waals surface area contributed by atoms with Crippen LogP contribution in [0, 0.1) is 13.8 Å². The van der Waals surface area contributed by atoms with E-state index in [4.69, 9.17) is 10.5 Å². The smallest absolute Gasteiger partial charge is 0.118 e. The molecule has 3 N–H and O–H groups in total. The molecule has 3 rings (SSSR count). The number of methoxy groups -OCH3 is 1. The van der Waals surface area contributed by atoms with Crippen molar-refractivity contribution in [2.45, 2.75) is 19.8 Å². The molecule has 0 saturated carbocycles. The van der Waals surface area contributed by atoms with Gasteiger partial charge in [0.25, 0.3) is 0 Å². The van der Waals surface area contributed by atoms with Crippen LogP contribution in [0.25, 0.3) is 11.3 Å². The van der Waals surface area contributed by atoms with Crippen LogP contribution in [0.1, 0.15) is 27.2 Å². The molecule has 0 spiro atoms. The first kappa shape index (κ1) is 15.7. The van der Waals surface area contributed by atoms with Gasteiger partial charge in [0.15, 0.2) is 0 Å². The maximum absolute atomic E-state index is 5.98. The average Bonchev–Trinajstić information content (AvgIpc) is 3.16. The highest BCUT2D eigenvalue weighted by molar-refractivity contribution is 7.11. The molecule has 2 heterocycles. The summed E-state index contributed by atoms with van der Waals surface area (Å²) < 4.78 is 5.19. The molecule has 0 aliphatic carbocycles. The second-order valence-corrected chi connectivity index (χ2v) is 6.65. The van der Waals surface area contributed by atoms with E-state index in [1.54, 1.807) is 18.4 Å². The third-order valence-electron chi connectivity index (χ3n) is 3.94. The summed E-state index contributed by atoms with van der Waals surface area (Å²) >= 11 is 1.70. The summed E-state index contributed by atoms with van der Waals surface area (Å²) in [4.78, 5) is 5.87. The van der Waals surface area contributed by atoms with Crippen LogP contribution >= 0.6 is 11.3 Å². The van der Waals surface area contributed by atoms with Crippen LogP contribution in [0.3, 0.4) is 0 Å². The van der Waals surface area contributed by atoms with Gasteiger partial charge in [0.2, 0.25) is 0 Å². The molecule has 0 fully saturated rings. The Bertz CT molecular complexity index is 772. The first-order chi connectivity index (χ1) is 11.1. The molecule has 0 aliphatic heterocycles. The topological polar surface area (TPSA) is 76.8 Å². The Morgan fingerprint density at radius 3 is 2.57 bits per heavy atom. The number of nitrogens with one attached hydrogen (secondary N) is 1. The number of benzene rings is 1. The van der Waals surface area contributed by atoms with Crippen molar-refractivity contribution in [2.75, 3.05) is 13.7 Å². The predicted octanol–water partition coefficient (Wildman–Crippen LogP) is 3.25. The molecule has 120 valence electrons. The number of thiazole rings is 1. The minimum atomic E-state index is 0.0481. The van der Waals surface area contributed by atoms with E-state index in [1.807, 2.05) is 37.3 Å². The van der Waals surface area contributed by atoms with Gasteiger partial charge in [-0.3, -0.25) is 5.10 Å². The summed E-state index contributed by atoms with van der Waals surface area (Å²) in [5.41, 5.74) is 9.98. The highest BCUT2D eigenvalue weighted by Gasteiger charge is 2.20.